The van der Waals surface area contributed by atoms with Gasteiger partial charge in [-0.1, -0.05) is 0 Å². The minimum Gasteiger partial charge on any atom is -0.453 e. The largest absolute Gasteiger partial charge is 1.00 e. The van der Waals surface area contributed by atoms with E-state index < -0.39 is 0 Å². The summed E-state index contributed by atoms with van der Waals surface area (Å²) in [5.41, 5.74) is 4.65. The van der Waals surface area contributed by atoms with E-state index in [4.69, 9.17) is 21.5 Å². The van der Waals surface area contributed by atoms with Crippen LogP contribution in [-0.4, -0.2) is 0 Å². The molecule has 0 aromatic rings. The summed E-state index contributed by atoms with van der Waals surface area (Å²) in [6, 6.07) is 2.97. The van der Waals surface area contributed by atoms with Crippen molar-refractivity contribution >= 4 is 0 Å². The van der Waals surface area contributed by atoms with Gasteiger partial charge in [0.2, 0.25) is 0 Å². The number of nitrogens with two attached hydrogens (primary N) is 1. The fraction of sp³-hybridized carbons (Fsp3) is 0. The van der Waals surface area contributed by atoms with Gasteiger partial charge in [0.05, 0.1) is 0 Å². The minimum absolute atomic E-state index is 0. The predicted molar refractivity (Wildman–Crippen MR) is 31.4 cm³/mol. The molecule has 0 fully saturated rings. The third kappa shape index (κ3) is 4.25. The van der Waals surface area contributed by atoms with Crippen molar-refractivity contribution in [2.24, 2.45) is 5.73 Å². The fourth-order valence-electron chi connectivity index (χ4n) is 0.249. The first-order valence-corrected chi connectivity index (χ1v) is 2.16. The van der Waals surface area contributed by atoms with Crippen LogP contribution in [0.5, 0.6) is 0 Å². The van der Waals surface area contributed by atoms with Gasteiger partial charge < -0.3 is 16.3 Å². The maximum atomic E-state index is 8.14. The molecular weight excluding hydrogens is 153 g/mol. The van der Waals surface area contributed by atoms with Gasteiger partial charge in [-0.25, -0.2) is 0 Å². The molecule has 0 aromatic carbocycles. The van der Waals surface area contributed by atoms with Crippen molar-refractivity contribution in [2.45, 2.75) is 0 Å². The first-order chi connectivity index (χ1) is 4.76. The monoisotopic (exact) mass is 155 g/mol. The third-order valence-electron chi connectivity index (χ3n) is 0.650. The summed E-state index contributed by atoms with van der Waals surface area (Å²) in [6.45, 7) is 0. The van der Waals surface area contributed by atoms with Gasteiger partial charge in [-0.15, -0.1) is 0 Å². The molecule has 11 heavy (non-hydrogen) atoms. The molecule has 0 spiro atoms. The maximum Gasteiger partial charge on any atom is 1.00 e. The molecule has 0 aromatic heterocycles. The predicted octanol–water partition coefficient (Wildman–Crippen LogP) is -2.94. The van der Waals surface area contributed by atoms with E-state index in [0.717, 1.165) is 0 Å². The molecule has 0 heterocycles. The van der Waals surface area contributed by atoms with Crippen LogP contribution in [0.3, 0.4) is 0 Å². The summed E-state index contributed by atoms with van der Waals surface area (Å²) in [7, 11) is 0. The zero-order valence-electron chi connectivity index (χ0n) is 5.87. The van der Waals surface area contributed by atoms with E-state index in [-0.39, 0.29) is 41.0 Å². The van der Waals surface area contributed by atoms with Crippen molar-refractivity contribution in [2.75, 3.05) is 0 Å². The molecule has 0 saturated carbocycles. The quantitative estimate of drug-likeness (QED) is 0.248. The van der Waals surface area contributed by atoms with Crippen LogP contribution in [0, 0.1) is 34.1 Å². The third-order valence-corrected chi connectivity index (χ3v) is 0.650. The van der Waals surface area contributed by atoms with Crippen LogP contribution in [0.15, 0.2) is 11.4 Å². The number of allylic oxidation sites excluding steroid dienone is 1. The number of nitriles is 3. The van der Waals surface area contributed by atoms with Crippen LogP contribution >= 0.6 is 0 Å². The molecule has 0 aliphatic rings. The van der Waals surface area contributed by atoms with Crippen molar-refractivity contribution in [3.05, 3.63) is 16.7 Å². The molecule has 0 unspecified atom stereocenters. The Kier molecular flexibility index (Phi) is 7.86. The van der Waals surface area contributed by atoms with Crippen molar-refractivity contribution in [3.8, 4) is 18.3 Å². The molecule has 5 nitrogen and oxygen atoms in total. The molecule has 48 valence electrons. The molecule has 0 aliphatic heterocycles. The van der Waals surface area contributed by atoms with E-state index in [9.17, 15) is 0 Å². The summed E-state index contributed by atoms with van der Waals surface area (Å²) < 4.78 is 0. The van der Waals surface area contributed by atoms with Crippen molar-refractivity contribution in [3.63, 3.8) is 0 Å². The summed E-state index contributed by atoms with van der Waals surface area (Å²) in [5, 5.41) is 27.2. The van der Waals surface area contributed by atoms with Crippen LogP contribution in [-0.2, 0) is 0 Å². The SMILES string of the molecule is N#C[N-]C(N)=C(C#N)C#N.[Na+]. The first kappa shape index (κ1) is 12.5. The van der Waals surface area contributed by atoms with Gasteiger partial charge in [0, 0.05) is 12.0 Å². The van der Waals surface area contributed by atoms with Crippen molar-refractivity contribution in [1.29, 1.82) is 15.8 Å². The summed E-state index contributed by atoms with van der Waals surface area (Å²) >= 11 is 0. The Morgan fingerprint density at radius 3 is 1.91 bits per heavy atom. The van der Waals surface area contributed by atoms with E-state index in [0.29, 0.717) is 0 Å². The molecule has 0 aliphatic carbocycles. The smallest absolute Gasteiger partial charge is 0.453 e. The van der Waals surface area contributed by atoms with Gasteiger partial charge in [0.25, 0.3) is 0 Å². The van der Waals surface area contributed by atoms with Crippen LogP contribution < -0.4 is 35.3 Å². The Labute approximate surface area is 86.0 Å². The van der Waals surface area contributed by atoms with Gasteiger partial charge >= 0.3 is 29.6 Å². The molecule has 0 saturated heterocycles. The summed E-state index contributed by atoms with van der Waals surface area (Å²) in [5.74, 6) is -0.340. The Morgan fingerprint density at radius 1 is 1.18 bits per heavy atom. The van der Waals surface area contributed by atoms with Crippen LogP contribution in [0.2, 0.25) is 0 Å². The topological polar surface area (TPSA) is 111 Å². The fourth-order valence-corrected chi connectivity index (χ4v) is 0.249. The maximum absolute atomic E-state index is 8.14. The zero-order valence-corrected chi connectivity index (χ0v) is 7.87. The summed E-state index contributed by atoms with van der Waals surface area (Å²) in [4.78, 5) is 0. The molecule has 0 atom stereocenters. The van der Waals surface area contributed by atoms with Crippen LogP contribution in [0.4, 0.5) is 0 Å². The second kappa shape index (κ2) is 6.92. The molecule has 2 N–H and O–H groups in total. The van der Waals surface area contributed by atoms with Gasteiger partial charge in [-0.3, -0.25) is 0 Å². The second-order valence-corrected chi connectivity index (χ2v) is 1.20. The summed E-state index contributed by atoms with van der Waals surface area (Å²) in [6.07, 6.45) is 1.36. The molecule has 0 amide bonds. The molecule has 6 heteroatoms. The van der Waals surface area contributed by atoms with Gasteiger partial charge in [0.15, 0.2) is 0 Å². The van der Waals surface area contributed by atoms with Gasteiger partial charge in [0.1, 0.15) is 17.7 Å². The van der Waals surface area contributed by atoms with E-state index in [1.165, 1.54) is 18.3 Å². The first-order valence-electron chi connectivity index (χ1n) is 2.16. The Balaban J connectivity index is 0. The number of hydrogen-bond donors (Lipinski definition) is 1. The van der Waals surface area contributed by atoms with E-state index in [2.05, 4.69) is 5.32 Å². The normalized spacial score (nSPS) is 5.55. The average molecular weight is 155 g/mol. The van der Waals surface area contributed by atoms with Crippen LogP contribution in [0.25, 0.3) is 5.32 Å². The van der Waals surface area contributed by atoms with E-state index in [1.54, 1.807) is 0 Å². The molecule has 0 bridgehead atoms. The molecule has 0 rings (SSSR count). The van der Waals surface area contributed by atoms with Crippen molar-refractivity contribution in [1.82, 2.24) is 0 Å². The minimum atomic E-state index is -0.346. The van der Waals surface area contributed by atoms with Gasteiger partial charge in [-0.05, 0) is 0 Å². The Morgan fingerprint density at radius 2 is 1.64 bits per heavy atom. The number of nitrogens with zero attached hydrogens (tertiary/aromatic N) is 4. The standard InChI is InChI=1S/C5H2N5.Na/c6-1-4(2-7)5(9)10-3-8;/h9H2;/q-1;+1. The Bertz CT molecular complexity index is 257. The molecule has 0 radical (unpaired) electrons. The number of hydrogen-bond acceptors (Lipinski definition) is 4. The van der Waals surface area contributed by atoms with E-state index in [1.807, 2.05) is 0 Å². The van der Waals surface area contributed by atoms with Gasteiger partial charge in [-0.2, -0.15) is 10.5 Å². The van der Waals surface area contributed by atoms with E-state index >= 15 is 0 Å². The number of rotatable bonds is 1. The van der Waals surface area contributed by atoms with Crippen LogP contribution in [0.1, 0.15) is 0 Å². The molecular formula is C5H2N5Na. The van der Waals surface area contributed by atoms with Crippen molar-refractivity contribution < 1.29 is 29.6 Å². The Hall–Kier alpha value is -1.19. The second-order valence-electron chi connectivity index (χ2n) is 1.20. The average Bonchev–Trinajstić information content (AvgIpc) is 1.91. The zero-order chi connectivity index (χ0) is 7.98.